The molecule has 1 aromatic carbocycles. The number of nitrogens with zero attached hydrogens (tertiary/aromatic N) is 2. The lowest BCUT2D eigenvalue weighted by Crippen LogP contribution is -2.30. The van der Waals surface area contributed by atoms with Crippen molar-refractivity contribution >= 4 is 32.8 Å². The first-order valence-electron chi connectivity index (χ1n) is 6.90. The Bertz CT molecular complexity index is 661. The van der Waals surface area contributed by atoms with Gasteiger partial charge in [0.2, 0.25) is 10.0 Å². The fourth-order valence-electron chi connectivity index (χ4n) is 2.24. The topological polar surface area (TPSA) is 91.1 Å². The van der Waals surface area contributed by atoms with Crippen LogP contribution in [-0.2, 0) is 21.4 Å². The lowest BCUT2D eigenvalue weighted by Gasteiger charge is -2.16. The van der Waals surface area contributed by atoms with Crippen molar-refractivity contribution in [2.45, 2.75) is 31.1 Å². The summed E-state index contributed by atoms with van der Waals surface area (Å²) in [5.74, 6) is 0.141. The van der Waals surface area contributed by atoms with E-state index in [1.54, 1.807) is 12.1 Å². The zero-order chi connectivity index (χ0) is 15.3. The molecule has 0 aromatic heterocycles. The maximum Gasteiger partial charge on any atom is 0.242 e. The van der Waals surface area contributed by atoms with Crippen LogP contribution in [0.25, 0.3) is 0 Å². The van der Waals surface area contributed by atoms with Crippen LogP contribution in [0.15, 0.2) is 31.8 Å². The first kappa shape index (κ1) is 16.3. The van der Waals surface area contributed by atoms with Gasteiger partial charge in [-0.05, 0) is 30.9 Å². The van der Waals surface area contributed by atoms with Crippen LogP contribution in [-0.4, -0.2) is 26.7 Å². The van der Waals surface area contributed by atoms with Crippen LogP contribution in [0, 0.1) is 5.92 Å². The lowest BCUT2D eigenvalue weighted by atomic mass is 10.0. The lowest BCUT2D eigenvalue weighted by molar-refractivity contribution is 0.251. The molecular weight excluding hydrogens is 310 g/mol. The van der Waals surface area contributed by atoms with E-state index in [1.807, 2.05) is 6.92 Å². The molecule has 0 saturated carbocycles. The van der Waals surface area contributed by atoms with E-state index in [-0.39, 0.29) is 17.4 Å². The molecule has 1 aliphatic rings. The highest BCUT2D eigenvalue weighted by atomic mass is 32.2. The van der Waals surface area contributed by atoms with Crippen molar-refractivity contribution in [3.05, 3.63) is 18.2 Å². The van der Waals surface area contributed by atoms with Gasteiger partial charge in [-0.15, -0.1) is 0 Å². The molecule has 2 rings (SSSR count). The second-order valence-corrected chi connectivity index (χ2v) is 7.17. The Morgan fingerprint density at radius 2 is 2.14 bits per heavy atom. The highest BCUT2D eigenvalue weighted by Gasteiger charge is 2.23. The molecule has 1 aromatic rings. The third kappa shape index (κ3) is 3.97. The third-order valence-corrected chi connectivity index (χ3v) is 5.33. The van der Waals surface area contributed by atoms with E-state index in [9.17, 15) is 8.42 Å². The summed E-state index contributed by atoms with van der Waals surface area (Å²) in [5.41, 5.74) is 0.993. The van der Waals surface area contributed by atoms with Crippen molar-refractivity contribution in [2.24, 2.45) is 14.6 Å². The van der Waals surface area contributed by atoms with Crippen molar-refractivity contribution in [3.8, 4) is 0 Å². The van der Waals surface area contributed by atoms with E-state index >= 15 is 0 Å². The van der Waals surface area contributed by atoms with Gasteiger partial charge >= 0.3 is 0 Å². The number of rotatable bonds is 8. The van der Waals surface area contributed by atoms with Gasteiger partial charge in [-0.25, -0.2) is 13.1 Å². The molecule has 0 radical (unpaired) electrons. The first-order valence-corrected chi connectivity index (χ1v) is 9.11. The van der Waals surface area contributed by atoms with Crippen molar-refractivity contribution in [2.75, 3.05) is 13.2 Å². The van der Waals surface area contributed by atoms with E-state index in [1.165, 1.54) is 6.07 Å². The monoisotopic (exact) mass is 329 g/mol. The summed E-state index contributed by atoms with van der Waals surface area (Å²) in [7, 11) is -3.62. The van der Waals surface area contributed by atoms with Gasteiger partial charge in [-0.2, -0.15) is 8.73 Å². The summed E-state index contributed by atoms with van der Waals surface area (Å²) in [6.45, 7) is 2.43. The minimum atomic E-state index is -3.62. The molecule has 21 heavy (non-hydrogen) atoms. The number of hydrogen-bond acceptors (Lipinski definition) is 5. The average molecular weight is 329 g/mol. The third-order valence-electron chi connectivity index (χ3n) is 3.33. The van der Waals surface area contributed by atoms with E-state index in [0.717, 1.165) is 24.2 Å². The molecule has 1 unspecified atom stereocenters. The van der Waals surface area contributed by atoms with E-state index in [0.29, 0.717) is 24.3 Å². The Labute approximate surface area is 128 Å². The Morgan fingerprint density at radius 3 is 2.86 bits per heavy atom. The highest BCUT2D eigenvalue weighted by Crippen LogP contribution is 2.37. The second kappa shape index (κ2) is 7.26. The summed E-state index contributed by atoms with van der Waals surface area (Å²) < 4.78 is 35.6. The molecule has 8 heteroatoms. The van der Waals surface area contributed by atoms with Gasteiger partial charge in [0, 0.05) is 13.2 Å². The van der Waals surface area contributed by atoms with Gasteiger partial charge < -0.3 is 5.11 Å². The molecule has 2 N–H and O–H groups in total. The maximum absolute atomic E-state index is 12.4. The second-order valence-electron chi connectivity index (χ2n) is 4.91. The Kier molecular flexibility index (Phi) is 5.63. The van der Waals surface area contributed by atoms with Gasteiger partial charge in [-0.3, -0.25) is 0 Å². The molecular formula is C13H19N3O3S2. The van der Waals surface area contributed by atoms with Crippen LogP contribution in [0.4, 0.5) is 11.4 Å². The van der Waals surface area contributed by atoms with Crippen molar-refractivity contribution < 1.29 is 13.5 Å². The fourth-order valence-corrected chi connectivity index (χ4v) is 4.12. The standard InChI is InChI=1S/C13H19N3O3S2/c1-2-4-10(7-8-17)9-14-21(18,19)12-6-3-5-11-13(12)16-20-15-11/h3,5-6,10,14,17H,2,4,7-9H2,1H3. The zero-order valence-corrected chi connectivity index (χ0v) is 13.5. The van der Waals surface area contributed by atoms with Gasteiger partial charge in [0.1, 0.15) is 16.3 Å². The quantitative estimate of drug-likeness (QED) is 0.779. The molecule has 6 nitrogen and oxygen atoms in total. The molecule has 0 amide bonds. The summed E-state index contributed by atoms with van der Waals surface area (Å²) in [5, 5.41) is 9.03. The van der Waals surface area contributed by atoms with Crippen molar-refractivity contribution in [1.29, 1.82) is 0 Å². The zero-order valence-electron chi connectivity index (χ0n) is 11.8. The summed E-state index contributed by atoms with van der Waals surface area (Å²) in [4.78, 5) is 0.160. The summed E-state index contributed by atoms with van der Waals surface area (Å²) >= 11 is 0.999. The number of nitrogens with one attached hydrogen (secondary N) is 1. The maximum atomic E-state index is 12.4. The molecule has 0 aliphatic carbocycles. The molecule has 0 fully saturated rings. The predicted molar refractivity (Wildman–Crippen MR) is 83.3 cm³/mol. The number of benzene rings is 1. The molecule has 1 atom stereocenters. The number of aliphatic hydroxyl groups is 1. The Morgan fingerprint density at radius 1 is 1.33 bits per heavy atom. The largest absolute Gasteiger partial charge is 0.396 e. The van der Waals surface area contributed by atoms with Crippen molar-refractivity contribution in [1.82, 2.24) is 4.72 Å². The molecule has 1 heterocycles. The predicted octanol–water partition coefficient (Wildman–Crippen LogP) is 2.49. The average Bonchev–Trinajstić information content (AvgIpc) is 2.93. The highest BCUT2D eigenvalue weighted by molar-refractivity contribution is 7.89. The van der Waals surface area contributed by atoms with Gasteiger partial charge in [-0.1, -0.05) is 19.4 Å². The fraction of sp³-hybridized carbons (Fsp3) is 0.538. The molecule has 0 spiro atoms. The van der Waals surface area contributed by atoms with Crippen LogP contribution in [0.5, 0.6) is 0 Å². The summed E-state index contributed by atoms with van der Waals surface area (Å²) in [6, 6.07) is 4.94. The Balaban J connectivity index is 2.13. The van der Waals surface area contributed by atoms with Crippen molar-refractivity contribution in [3.63, 3.8) is 0 Å². The minimum absolute atomic E-state index is 0.0674. The molecule has 0 bridgehead atoms. The van der Waals surface area contributed by atoms with Gasteiger partial charge in [0.25, 0.3) is 0 Å². The van der Waals surface area contributed by atoms with Crippen LogP contribution in [0.3, 0.4) is 0 Å². The normalized spacial score (nSPS) is 14.8. The van der Waals surface area contributed by atoms with Crippen LogP contribution < -0.4 is 4.72 Å². The SMILES string of the molecule is CCCC(CCO)CNS(=O)(=O)c1cccc2c1N=S=N2. The van der Waals surface area contributed by atoms with E-state index in [2.05, 4.69) is 13.4 Å². The smallest absolute Gasteiger partial charge is 0.242 e. The number of hydrogen-bond donors (Lipinski definition) is 2. The molecule has 1 aliphatic heterocycles. The van der Waals surface area contributed by atoms with Crippen LogP contribution in [0.1, 0.15) is 26.2 Å². The van der Waals surface area contributed by atoms with E-state index < -0.39 is 10.0 Å². The van der Waals surface area contributed by atoms with E-state index in [4.69, 9.17) is 5.11 Å². The summed E-state index contributed by atoms with van der Waals surface area (Å²) in [6.07, 6.45) is 2.43. The molecule has 116 valence electrons. The van der Waals surface area contributed by atoms with Crippen LogP contribution in [0.2, 0.25) is 0 Å². The number of fused-ring (bicyclic) bond motifs is 1. The van der Waals surface area contributed by atoms with Crippen LogP contribution >= 0.6 is 0 Å². The number of aliphatic hydroxyl groups excluding tert-OH is 1. The van der Waals surface area contributed by atoms with Gasteiger partial charge in [0.05, 0.1) is 11.4 Å². The Hall–Kier alpha value is -1.09. The molecule has 0 saturated heterocycles. The number of sulfonamides is 1. The van der Waals surface area contributed by atoms with Gasteiger partial charge in [0.15, 0.2) is 0 Å². The first-order chi connectivity index (χ1) is 10.1. The minimum Gasteiger partial charge on any atom is -0.396 e.